The Morgan fingerprint density at radius 3 is 2.50 bits per heavy atom. The Balaban J connectivity index is 2.03. The van der Waals surface area contributed by atoms with Gasteiger partial charge in [0.25, 0.3) is 0 Å². The van der Waals surface area contributed by atoms with Crippen molar-refractivity contribution in [2.24, 2.45) is 11.8 Å². The Bertz CT molecular complexity index is 112. The van der Waals surface area contributed by atoms with Crippen LogP contribution < -0.4 is 0 Å². The average molecular weight is 170 g/mol. The molecule has 0 unspecified atom stereocenters. The second-order valence-electron chi connectivity index (χ2n) is 4.22. The lowest BCUT2D eigenvalue weighted by Crippen LogP contribution is -2.01. The predicted octanol–water partition coefficient (Wildman–Crippen LogP) is 2.98. The third-order valence-electron chi connectivity index (χ3n) is 3.12. The molecular weight excluding hydrogens is 148 g/mol. The maximum Gasteiger partial charge on any atom is 0.0459 e. The molecule has 2 atom stereocenters. The second-order valence-corrected chi connectivity index (χ2v) is 4.22. The van der Waals surface area contributed by atoms with Gasteiger partial charge in [-0.25, -0.2) is 0 Å². The zero-order valence-electron chi connectivity index (χ0n) is 8.26. The SMILES string of the molecule is CCCCC[C@H]1CC[C@@H](CO)C1. The molecule has 1 aliphatic rings. The minimum Gasteiger partial charge on any atom is -0.396 e. The third kappa shape index (κ3) is 3.14. The van der Waals surface area contributed by atoms with E-state index < -0.39 is 0 Å². The van der Waals surface area contributed by atoms with Crippen molar-refractivity contribution in [2.75, 3.05) is 6.61 Å². The average Bonchev–Trinajstić information content (AvgIpc) is 2.53. The normalized spacial score (nSPS) is 29.5. The fourth-order valence-corrected chi connectivity index (χ4v) is 2.29. The highest BCUT2D eigenvalue weighted by Crippen LogP contribution is 2.33. The summed E-state index contributed by atoms with van der Waals surface area (Å²) in [6, 6.07) is 0. The predicted molar refractivity (Wildman–Crippen MR) is 52.1 cm³/mol. The first kappa shape index (κ1) is 10.0. The van der Waals surface area contributed by atoms with E-state index in [0.29, 0.717) is 12.5 Å². The summed E-state index contributed by atoms with van der Waals surface area (Å²) >= 11 is 0. The zero-order chi connectivity index (χ0) is 8.81. The molecule has 0 amide bonds. The van der Waals surface area contributed by atoms with E-state index in [0.717, 1.165) is 5.92 Å². The molecule has 0 spiro atoms. The smallest absolute Gasteiger partial charge is 0.0459 e. The molecule has 72 valence electrons. The maximum absolute atomic E-state index is 8.96. The molecule has 0 bridgehead atoms. The summed E-state index contributed by atoms with van der Waals surface area (Å²) in [5, 5.41) is 8.96. The Labute approximate surface area is 76.2 Å². The van der Waals surface area contributed by atoms with Gasteiger partial charge in [0.05, 0.1) is 0 Å². The molecule has 0 aliphatic heterocycles. The number of hydrogen-bond donors (Lipinski definition) is 1. The van der Waals surface area contributed by atoms with E-state index >= 15 is 0 Å². The van der Waals surface area contributed by atoms with Crippen molar-refractivity contribution in [1.82, 2.24) is 0 Å². The first-order valence-corrected chi connectivity index (χ1v) is 5.47. The molecule has 1 aliphatic carbocycles. The Morgan fingerprint density at radius 1 is 1.17 bits per heavy atom. The van der Waals surface area contributed by atoms with Gasteiger partial charge in [0, 0.05) is 6.61 Å². The van der Waals surface area contributed by atoms with Gasteiger partial charge in [-0.1, -0.05) is 39.0 Å². The van der Waals surface area contributed by atoms with E-state index in [1.165, 1.54) is 44.9 Å². The minimum absolute atomic E-state index is 0.421. The van der Waals surface area contributed by atoms with Crippen LogP contribution in [0.3, 0.4) is 0 Å². The molecule has 1 saturated carbocycles. The molecule has 1 nitrogen and oxygen atoms in total. The van der Waals surface area contributed by atoms with Crippen molar-refractivity contribution < 1.29 is 5.11 Å². The largest absolute Gasteiger partial charge is 0.396 e. The summed E-state index contributed by atoms with van der Waals surface area (Å²) in [5.41, 5.74) is 0. The second kappa shape index (κ2) is 5.58. The van der Waals surface area contributed by atoms with E-state index in [4.69, 9.17) is 5.11 Å². The summed E-state index contributed by atoms with van der Waals surface area (Å²) in [7, 11) is 0. The maximum atomic E-state index is 8.96. The van der Waals surface area contributed by atoms with Gasteiger partial charge >= 0.3 is 0 Å². The van der Waals surface area contributed by atoms with Crippen molar-refractivity contribution in [3.8, 4) is 0 Å². The minimum atomic E-state index is 0.421. The number of rotatable bonds is 5. The van der Waals surface area contributed by atoms with Gasteiger partial charge in [0.2, 0.25) is 0 Å². The molecule has 12 heavy (non-hydrogen) atoms. The zero-order valence-corrected chi connectivity index (χ0v) is 8.26. The van der Waals surface area contributed by atoms with Crippen LogP contribution in [0, 0.1) is 11.8 Å². The molecule has 0 aromatic carbocycles. The van der Waals surface area contributed by atoms with E-state index in [1.54, 1.807) is 0 Å². The van der Waals surface area contributed by atoms with Crippen LogP contribution in [0.25, 0.3) is 0 Å². The molecule has 0 heterocycles. The lowest BCUT2D eigenvalue weighted by atomic mass is 9.99. The lowest BCUT2D eigenvalue weighted by molar-refractivity contribution is 0.225. The number of aliphatic hydroxyl groups is 1. The van der Waals surface area contributed by atoms with Crippen LogP contribution >= 0.6 is 0 Å². The standard InChI is InChI=1S/C11H22O/c1-2-3-4-5-10-6-7-11(8-10)9-12/h10-12H,2-9H2,1H3/t10-,11+/m0/s1. The molecular formula is C11H22O. The third-order valence-corrected chi connectivity index (χ3v) is 3.12. The van der Waals surface area contributed by atoms with E-state index in [2.05, 4.69) is 6.92 Å². The van der Waals surface area contributed by atoms with Crippen molar-refractivity contribution in [3.05, 3.63) is 0 Å². The van der Waals surface area contributed by atoms with Gasteiger partial charge in [-0.3, -0.25) is 0 Å². The molecule has 1 N–H and O–H groups in total. The summed E-state index contributed by atoms with van der Waals surface area (Å²) in [4.78, 5) is 0. The highest BCUT2D eigenvalue weighted by molar-refractivity contribution is 4.74. The van der Waals surface area contributed by atoms with Crippen LogP contribution in [0.15, 0.2) is 0 Å². The lowest BCUT2D eigenvalue weighted by Gasteiger charge is -2.08. The first-order valence-electron chi connectivity index (χ1n) is 5.47. The van der Waals surface area contributed by atoms with Crippen LogP contribution in [-0.4, -0.2) is 11.7 Å². The number of hydrogen-bond acceptors (Lipinski definition) is 1. The highest BCUT2D eigenvalue weighted by atomic mass is 16.3. The monoisotopic (exact) mass is 170 g/mol. The van der Waals surface area contributed by atoms with Crippen LogP contribution in [0.1, 0.15) is 51.9 Å². The van der Waals surface area contributed by atoms with E-state index in [1.807, 2.05) is 0 Å². The molecule has 0 radical (unpaired) electrons. The summed E-state index contributed by atoms with van der Waals surface area (Å²) in [5.74, 6) is 1.57. The molecule has 0 saturated heterocycles. The number of aliphatic hydroxyl groups excluding tert-OH is 1. The van der Waals surface area contributed by atoms with Gasteiger partial charge in [-0.15, -0.1) is 0 Å². The van der Waals surface area contributed by atoms with E-state index in [9.17, 15) is 0 Å². The van der Waals surface area contributed by atoms with Crippen molar-refractivity contribution in [2.45, 2.75) is 51.9 Å². The Hall–Kier alpha value is -0.0400. The summed E-state index contributed by atoms with van der Waals surface area (Å²) in [6.45, 7) is 2.68. The van der Waals surface area contributed by atoms with Crippen LogP contribution in [-0.2, 0) is 0 Å². The van der Waals surface area contributed by atoms with Gasteiger partial charge in [-0.2, -0.15) is 0 Å². The van der Waals surface area contributed by atoms with Crippen LogP contribution in [0.2, 0.25) is 0 Å². The summed E-state index contributed by atoms with van der Waals surface area (Å²) in [6.07, 6.45) is 9.46. The van der Waals surface area contributed by atoms with Crippen LogP contribution in [0.4, 0.5) is 0 Å². The molecule has 0 aromatic heterocycles. The Morgan fingerprint density at radius 2 is 1.92 bits per heavy atom. The quantitative estimate of drug-likeness (QED) is 0.629. The fraction of sp³-hybridized carbons (Fsp3) is 1.00. The molecule has 1 rings (SSSR count). The topological polar surface area (TPSA) is 20.2 Å². The van der Waals surface area contributed by atoms with Gasteiger partial charge < -0.3 is 5.11 Å². The molecule has 1 fully saturated rings. The van der Waals surface area contributed by atoms with Crippen molar-refractivity contribution in [1.29, 1.82) is 0 Å². The summed E-state index contributed by atoms with van der Waals surface area (Å²) < 4.78 is 0. The first-order chi connectivity index (χ1) is 5.86. The van der Waals surface area contributed by atoms with Gasteiger partial charge in [0.1, 0.15) is 0 Å². The number of unbranched alkanes of at least 4 members (excludes halogenated alkanes) is 2. The van der Waals surface area contributed by atoms with Gasteiger partial charge in [0.15, 0.2) is 0 Å². The molecule has 0 aromatic rings. The van der Waals surface area contributed by atoms with Crippen LogP contribution in [0.5, 0.6) is 0 Å². The van der Waals surface area contributed by atoms with E-state index in [-0.39, 0.29) is 0 Å². The van der Waals surface area contributed by atoms with Gasteiger partial charge in [-0.05, 0) is 24.7 Å². The van der Waals surface area contributed by atoms with Crippen molar-refractivity contribution in [3.63, 3.8) is 0 Å². The van der Waals surface area contributed by atoms with Crippen molar-refractivity contribution >= 4 is 0 Å². The Kier molecular flexibility index (Phi) is 4.67. The molecule has 1 heteroatoms. The highest BCUT2D eigenvalue weighted by Gasteiger charge is 2.22. The fourth-order valence-electron chi connectivity index (χ4n) is 2.29.